The lowest BCUT2D eigenvalue weighted by Crippen LogP contribution is -2.36. The van der Waals surface area contributed by atoms with Gasteiger partial charge in [0.1, 0.15) is 11.4 Å². The predicted molar refractivity (Wildman–Crippen MR) is 78.9 cm³/mol. The third-order valence-electron chi connectivity index (χ3n) is 3.64. The molecule has 1 amide bonds. The summed E-state index contributed by atoms with van der Waals surface area (Å²) in [5.41, 5.74) is -0.112. The summed E-state index contributed by atoms with van der Waals surface area (Å²) in [5, 5.41) is 12.1. The molecule has 120 valence electrons. The fraction of sp³-hybridized carbons (Fsp3) is 0.500. The number of esters is 1. The maximum absolute atomic E-state index is 14.2. The fourth-order valence-corrected chi connectivity index (χ4v) is 2.47. The van der Waals surface area contributed by atoms with Gasteiger partial charge in [0.05, 0.1) is 12.5 Å². The highest BCUT2D eigenvalue weighted by molar-refractivity contribution is 5.96. The highest BCUT2D eigenvalue weighted by Gasteiger charge is 2.31. The van der Waals surface area contributed by atoms with Crippen LogP contribution in [0.15, 0.2) is 12.1 Å². The largest absolute Gasteiger partial charge is 0.466 e. The van der Waals surface area contributed by atoms with Gasteiger partial charge in [0.2, 0.25) is 0 Å². The van der Waals surface area contributed by atoms with E-state index in [0.29, 0.717) is 30.6 Å². The lowest BCUT2D eigenvalue weighted by atomic mass is 10.1. The van der Waals surface area contributed by atoms with Crippen LogP contribution in [0.4, 0.5) is 10.1 Å². The number of aliphatic hydroxyl groups is 1. The van der Waals surface area contributed by atoms with E-state index in [4.69, 9.17) is 4.74 Å². The minimum atomic E-state index is -1.55. The quantitative estimate of drug-likeness (QED) is 0.832. The first kappa shape index (κ1) is 16.4. The van der Waals surface area contributed by atoms with Crippen LogP contribution < -0.4 is 5.32 Å². The van der Waals surface area contributed by atoms with E-state index >= 15 is 0 Å². The minimum absolute atomic E-state index is 0.271. The van der Waals surface area contributed by atoms with Crippen molar-refractivity contribution in [3.63, 3.8) is 0 Å². The van der Waals surface area contributed by atoms with Crippen LogP contribution in [0.5, 0.6) is 0 Å². The van der Waals surface area contributed by atoms with E-state index in [0.717, 1.165) is 0 Å². The lowest BCUT2D eigenvalue weighted by Gasteiger charge is -2.17. The summed E-state index contributed by atoms with van der Waals surface area (Å²) in [6.07, 6.45) is 0.692. The van der Waals surface area contributed by atoms with E-state index in [1.54, 1.807) is 13.0 Å². The molecule has 2 rings (SSSR count). The van der Waals surface area contributed by atoms with Crippen molar-refractivity contribution in [3.05, 3.63) is 29.1 Å². The highest BCUT2D eigenvalue weighted by atomic mass is 19.1. The number of amides is 1. The number of halogens is 1. The number of fused-ring (bicyclic) bond motifs is 1. The maximum atomic E-state index is 14.2. The van der Waals surface area contributed by atoms with Crippen molar-refractivity contribution in [3.8, 4) is 0 Å². The third-order valence-corrected chi connectivity index (χ3v) is 3.64. The molecule has 0 radical (unpaired) electrons. The molecule has 0 aromatic heterocycles. The summed E-state index contributed by atoms with van der Waals surface area (Å²) in [6.45, 7) is 4.72. The average Bonchev–Trinajstić information content (AvgIpc) is 2.82. The lowest BCUT2D eigenvalue weighted by molar-refractivity contribution is -0.147. The first-order valence-corrected chi connectivity index (χ1v) is 7.24. The number of rotatable bonds is 4. The molecule has 0 saturated carbocycles. The predicted octanol–water partition coefficient (Wildman–Crippen LogP) is 1.81. The smallest absolute Gasteiger partial charge is 0.309 e. The first-order valence-electron chi connectivity index (χ1n) is 7.24. The summed E-state index contributed by atoms with van der Waals surface area (Å²) in [4.78, 5) is 23.5. The number of benzene rings is 1. The van der Waals surface area contributed by atoms with Crippen LogP contribution in [-0.4, -0.2) is 29.2 Å². The Morgan fingerprint density at radius 3 is 2.68 bits per heavy atom. The van der Waals surface area contributed by atoms with Gasteiger partial charge in [-0.15, -0.1) is 0 Å². The van der Waals surface area contributed by atoms with Gasteiger partial charge in [0.15, 0.2) is 0 Å². The van der Waals surface area contributed by atoms with Crippen molar-refractivity contribution in [1.29, 1.82) is 0 Å². The third kappa shape index (κ3) is 3.44. The van der Waals surface area contributed by atoms with Crippen LogP contribution in [0.3, 0.4) is 0 Å². The Morgan fingerprint density at radius 1 is 1.41 bits per heavy atom. The molecule has 1 aromatic carbocycles. The molecular formula is C16H20FNO4. The number of ether oxygens (including phenoxy) is 1. The van der Waals surface area contributed by atoms with Gasteiger partial charge in [-0.1, -0.05) is 0 Å². The van der Waals surface area contributed by atoms with Crippen molar-refractivity contribution in [2.24, 2.45) is 5.92 Å². The van der Waals surface area contributed by atoms with Crippen molar-refractivity contribution in [2.45, 2.75) is 39.2 Å². The number of carbonyl (C=O) groups excluding carboxylic acids is 2. The van der Waals surface area contributed by atoms with Crippen LogP contribution >= 0.6 is 0 Å². The van der Waals surface area contributed by atoms with E-state index in [9.17, 15) is 19.1 Å². The zero-order chi connectivity index (χ0) is 16.5. The Kier molecular flexibility index (Phi) is 4.51. The minimum Gasteiger partial charge on any atom is -0.466 e. The summed E-state index contributed by atoms with van der Waals surface area (Å²) < 4.78 is 19.1. The average molecular weight is 309 g/mol. The molecule has 0 aliphatic heterocycles. The van der Waals surface area contributed by atoms with Gasteiger partial charge >= 0.3 is 5.97 Å². The second kappa shape index (κ2) is 6.04. The second-order valence-corrected chi connectivity index (χ2v) is 5.97. The van der Waals surface area contributed by atoms with Crippen LogP contribution in [0, 0.1) is 11.7 Å². The molecule has 0 heterocycles. The van der Waals surface area contributed by atoms with Gasteiger partial charge in [-0.3, -0.25) is 9.59 Å². The number of hydrogen-bond donors (Lipinski definition) is 2. The van der Waals surface area contributed by atoms with Crippen LogP contribution in [0.2, 0.25) is 0 Å². The van der Waals surface area contributed by atoms with Gasteiger partial charge in [0, 0.05) is 5.69 Å². The normalized spacial score (nSPS) is 17.0. The monoisotopic (exact) mass is 309 g/mol. The molecule has 1 aliphatic rings. The Labute approximate surface area is 128 Å². The summed E-state index contributed by atoms with van der Waals surface area (Å²) in [7, 11) is 0. The topological polar surface area (TPSA) is 75.6 Å². The van der Waals surface area contributed by atoms with Crippen molar-refractivity contribution in [1.82, 2.24) is 0 Å². The van der Waals surface area contributed by atoms with Crippen molar-refractivity contribution >= 4 is 17.6 Å². The van der Waals surface area contributed by atoms with Crippen LogP contribution in [0.1, 0.15) is 31.9 Å². The van der Waals surface area contributed by atoms with Gasteiger partial charge in [-0.2, -0.15) is 0 Å². The van der Waals surface area contributed by atoms with E-state index in [-0.39, 0.29) is 17.6 Å². The molecule has 0 fully saturated rings. The van der Waals surface area contributed by atoms with Crippen molar-refractivity contribution in [2.75, 3.05) is 11.9 Å². The second-order valence-electron chi connectivity index (χ2n) is 5.97. The fourth-order valence-electron chi connectivity index (χ4n) is 2.47. The molecule has 1 aromatic rings. The Bertz CT molecular complexity index is 607. The Hall–Kier alpha value is -1.95. The molecule has 0 saturated heterocycles. The summed E-state index contributed by atoms with van der Waals surface area (Å²) in [6, 6.07) is 2.84. The number of anilines is 1. The number of hydrogen-bond acceptors (Lipinski definition) is 4. The molecule has 6 heteroatoms. The van der Waals surface area contributed by atoms with Crippen molar-refractivity contribution < 1.29 is 23.8 Å². The summed E-state index contributed by atoms with van der Waals surface area (Å²) >= 11 is 0. The van der Waals surface area contributed by atoms with E-state index in [1.807, 2.05) is 0 Å². The molecule has 0 spiro atoms. The SMILES string of the molecule is CCOC(=O)C1Cc2cc(NC(=O)C(C)(C)O)cc(F)c2C1. The highest BCUT2D eigenvalue weighted by Crippen LogP contribution is 2.32. The molecule has 1 atom stereocenters. The Balaban J connectivity index is 2.18. The molecule has 2 N–H and O–H groups in total. The Morgan fingerprint density at radius 2 is 2.09 bits per heavy atom. The van der Waals surface area contributed by atoms with E-state index < -0.39 is 17.3 Å². The van der Waals surface area contributed by atoms with Gasteiger partial charge < -0.3 is 15.2 Å². The molecular weight excluding hydrogens is 289 g/mol. The van der Waals surface area contributed by atoms with E-state index in [2.05, 4.69) is 5.32 Å². The van der Waals surface area contributed by atoms with E-state index in [1.165, 1.54) is 19.9 Å². The maximum Gasteiger partial charge on any atom is 0.309 e. The van der Waals surface area contributed by atoms with Gasteiger partial charge in [0.25, 0.3) is 5.91 Å². The first-order chi connectivity index (χ1) is 10.2. The van der Waals surface area contributed by atoms with Gasteiger partial charge in [-0.05, 0) is 56.9 Å². The van der Waals surface area contributed by atoms with Gasteiger partial charge in [-0.25, -0.2) is 4.39 Å². The number of carbonyl (C=O) groups is 2. The van der Waals surface area contributed by atoms with Crippen LogP contribution in [-0.2, 0) is 27.2 Å². The zero-order valence-electron chi connectivity index (χ0n) is 12.9. The molecule has 5 nitrogen and oxygen atoms in total. The molecule has 0 bridgehead atoms. The molecule has 1 unspecified atom stereocenters. The molecule has 1 aliphatic carbocycles. The molecule has 22 heavy (non-hydrogen) atoms. The summed E-state index contributed by atoms with van der Waals surface area (Å²) in [5.74, 6) is -1.80. The zero-order valence-corrected chi connectivity index (χ0v) is 12.9. The standard InChI is InChI=1S/C16H20FNO4/c1-4-22-14(19)10-5-9-6-11(8-13(17)12(9)7-10)18-15(20)16(2,3)21/h6,8,10,21H,4-5,7H2,1-3H3,(H,18,20). The van der Waals surface area contributed by atoms with Crippen LogP contribution in [0.25, 0.3) is 0 Å². The number of nitrogens with one attached hydrogen (secondary N) is 1.